The Morgan fingerprint density at radius 3 is 2.63 bits per heavy atom. The van der Waals surface area contributed by atoms with Crippen molar-refractivity contribution in [1.29, 1.82) is 0 Å². The van der Waals surface area contributed by atoms with Crippen LogP contribution in [0.4, 0.5) is 0 Å². The van der Waals surface area contributed by atoms with Crippen LogP contribution in [0.15, 0.2) is 52.7 Å². The first-order valence-electron chi connectivity index (χ1n) is 9.36. The predicted molar refractivity (Wildman–Crippen MR) is 111 cm³/mol. The molecule has 2 aromatic carbocycles. The molecule has 4 rings (SSSR count). The summed E-state index contributed by atoms with van der Waals surface area (Å²) < 4.78 is 16.1. The highest BCUT2D eigenvalue weighted by Crippen LogP contribution is 2.37. The van der Waals surface area contributed by atoms with Crippen LogP contribution < -0.4 is 9.47 Å². The maximum atomic E-state index is 12.8. The Labute approximate surface area is 178 Å². The summed E-state index contributed by atoms with van der Waals surface area (Å²) in [6.45, 7) is 3.78. The summed E-state index contributed by atoms with van der Waals surface area (Å²) in [5, 5.41) is 3.80. The Hall–Kier alpha value is -3.38. The number of Topliss-reactive ketones (excluding diaryl/α,β-unsaturated/α-hetero) is 1. The Bertz CT molecular complexity index is 1160. The van der Waals surface area contributed by atoms with Crippen LogP contribution >= 0.6 is 11.6 Å². The zero-order valence-electron chi connectivity index (χ0n) is 16.4. The lowest BCUT2D eigenvalue weighted by atomic mass is 10.0. The Kier molecular flexibility index (Phi) is 5.42. The number of ether oxygens (including phenoxy) is 2. The van der Waals surface area contributed by atoms with Crippen molar-refractivity contribution in [3.8, 4) is 11.5 Å². The van der Waals surface area contributed by atoms with Crippen molar-refractivity contribution in [2.75, 3.05) is 0 Å². The number of rotatable bonds is 5. The summed E-state index contributed by atoms with van der Waals surface area (Å²) in [5.74, 6) is 0.800. The molecule has 0 bridgehead atoms. The van der Waals surface area contributed by atoms with Crippen LogP contribution in [0, 0.1) is 13.8 Å². The molecular formula is C23H18ClNO5. The van der Waals surface area contributed by atoms with E-state index in [1.54, 1.807) is 31.2 Å². The lowest BCUT2D eigenvalue weighted by molar-refractivity contribution is -0.134. The number of halogens is 1. The van der Waals surface area contributed by atoms with Crippen LogP contribution in [-0.4, -0.2) is 16.9 Å². The summed E-state index contributed by atoms with van der Waals surface area (Å²) in [4.78, 5) is 24.9. The summed E-state index contributed by atoms with van der Waals surface area (Å²) in [5.41, 5.74) is 3.15. The number of aryl methyl sites for hydroxylation is 3. The molecule has 0 unspecified atom stereocenters. The fourth-order valence-corrected chi connectivity index (χ4v) is 3.32. The molecule has 1 aliphatic rings. The van der Waals surface area contributed by atoms with Gasteiger partial charge in [-0.05, 0) is 37.1 Å². The summed E-state index contributed by atoms with van der Waals surface area (Å²) >= 11 is 5.69. The van der Waals surface area contributed by atoms with E-state index in [4.69, 9.17) is 25.6 Å². The average Bonchev–Trinajstić information content (AvgIpc) is 3.25. The largest absolute Gasteiger partial charge is 0.452 e. The summed E-state index contributed by atoms with van der Waals surface area (Å²) in [6, 6.07) is 12.5. The third-order valence-electron chi connectivity index (χ3n) is 4.66. The van der Waals surface area contributed by atoms with E-state index in [1.807, 2.05) is 31.2 Å². The molecule has 0 N–H and O–H groups in total. The Balaban J connectivity index is 1.48. The molecule has 3 aromatic rings. The molecule has 0 fully saturated rings. The monoisotopic (exact) mass is 423 g/mol. The lowest BCUT2D eigenvalue weighted by Gasteiger charge is -2.07. The average molecular weight is 424 g/mol. The molecule has 0 spiro atoms. The van der Waals surface area contributed by atoms with Crippen LogP contribution in [0.25, 0.3) is 6.08 Å². The first-order valence-corrected chi connectivity index (χ1v) is 9.74. The smallest absolute Gasteiger partial charge is 0.311 e. The normalized spacial score (nSPS) is 14.0. The van der Waals surface area contributed by atoms with Crippen LogP contribution in [0.1, 0.15) is 39.2 Å². The van der Waals surface area contributed by atoms with Crippen LogP contribution in [-0.2, 0) is 11.2 Å². The molecule has 152 valence electrons. The molecule has 0 aliphatic carbocycles. The van der Waals surface area contributed by atoms with Gasteiger partial charge in [-0.3, -0.25) is 9.59 Å². The highest BCUT2D eigenvalue weighted by atomic mass is 35.5. The van der Waals surface area contributed by atoms with Gasteiger partial charge in [0.2, 0.25) is 5.78 Å². The van der Waals surface area contributed by atoms with Crippen molar-refractivity contribution < 1.29 is 23.6 Å². The molecule has 1 aliphatic heterocycles. The predicted octanol–water partition coefficient (Wildman–Crippen LogP) is 5.10. The lowest BCUT2D eigenvalue weighted by Crippen LogP contribution is -2.09. The third-order valence-corrected chi connectivity index (χ3v) is 4.83. The van der Waals surface area contributed by atoms with E-state index in [0.717, 1.165) is 11.1 Å². The van der Waals surface area contributed by atoms with E-state index >= 15 is 0 Å². The van der Waals surface area contributed by atoms with Gasteiger partial charge in [-0.25, -0.2) is 0 Å². The van der Waals surface area contributed by atoms with E-state index in [2.05, 4.69) is 5.16 Å². The van der Waals surface area contributed by atoms with Crippen molar-refractivity contribution in [2.24, 2.45) is 0 Å². The van der Waals surface area contributed by atoms with Gasteiger partial charge in [0, 0.05) is 18.6 Å². The quantitative estimate of drug-likeness (QED) is 0.323. The number of carbonyl (C=O) groups excluding carboxylic acids is 2. The van der Waals surface area contributed by atoms with Crippen molar-refractivity contribution in [3.63, 3.8) is 0 Å². The number of carbonyl (C=O) groups is 2. The minimum absolute atomic E-state index is 0.0972. The van der Waals surface area contributed by atoms with Gasteiger partial charge in [-0.1, -0.05) is 46.6 Å². The Morgan fingerprint density at radius 1 is 1.17 bits per heavy atom. The zero-order chi connectivity index (χ0) is 21.3. The molecule has 6 nitrogen and oxygen atoms in total. The fraction of sp³-hybridized carbons (Fsp3) is 0.174. The van der Waals surface area contributed by atoms with Crippen molar-refractivity contribution in [2.45, 2.75) is 26.7 Å². The third kappa shape index (κ3) is 4.28. The van der Waals surface area contributed by atoms with E-state index in [0.29, 0.717) is 34.8 Å². The van der Waals surface area contributed by atoms with E-state index in [9.17, 15) is 9.59 Å². The molecular weight excluding hydrogens is 406 g/mol. The molecule has 0 saturated carbocycles. The number of hydrogen-bond donors (Lipinski definition) is 0. The van der Waals surface area contributed by atoms with E-state index in [1.165, 1.54) is 0 Å². The first kappa shape index (κ1) is 19.9. The molecule has 0 amide bonds. The van der Waals surface area contributed by atoms with Crippen molar-refractivity contribution in [3.05, 3.63) is 81.4 Å². The van der Waals surface area contributed by atoms with Gasteiger partial charge >= 0.3 is 5.97 Å². The van der Waals surface area contributed by atoms with Gasteiger partial charge in [0.05, 0.1) is 12.0 Å². The number of nitrogens with zero attached hydrogens (tertiary/aromatic N) is 1. The minimum atomic E-state index is -0.443. The second-order valence-electron chi connectivity index (χ2n) is 7.05. The van der Waals surface area contributed by atoms with Crippen molar-refractivity contribution >= 4 is 29.4 Å². The van der Waals surface area contributed by atoms with Gasteiger partial charge in [-0.2, -0.15) is 0 Å². The Morgan fingerprint density at radius 2 is 1.93 bits per heavy atom. The minimum Gasteiger partial charge on any atom is -0.452 e. The van der Waals surface area contributed by atoms with Gasteiger partial charge in [0.15, 0.2) is 10.9 Å². The number of allylic oxidation sites excluding steroid dienone is 1. The summed E-state index contributed by atoms with van der Waals surface area (Å²) in [7, 11) is 0. The van der Waals surface area contributed by atoms with E-state index in [-0.39, 0.29) is 23.1 Å². The molecule has 0 saturated heterocycles. The number of ketones is 1. The molecule has 2 heterocycles. The molecule has 7 heteroatoms. The molecule has 1 aromatic heterocycles. The summed E-state index contributed by atoms with van der Waals surface area (Å²) in [6.07, 6.45) is 2.12. The van der Waals surface area contributed by atoms with Crippen LogP contribution in [0.2, 0.25) is 5.15 Å². The number of benzene rings is 2. The highest BCUT2D eigenvalue weighted by Gasteiger charge is 2.30. The SMILES string of the molecule is Cc1ccc(/C=C2\Oc3cc(OC(=O)CCc4cc(Cl)no4)cc(C)c3C2=O)cc1. The van der Waals surface area contributed by atoms with Crippen LogP contribution in [0.5, 0.6) is 11.5 Å². The molecule has 0 atom stereocenters. The first-order chi connectivity index (χ1) is 14.4. The number of fused-ring (bicyclic) bond motifs is 1. The molecule has 30 heavy (non-hydrogen) atoms. The number of hydrogen-bond acceptors (Lipinski definition) is 6. The second-order valence-corrected chi connectivity index (χ2v) is 7.44. The van der Waals surface area contributed by atoms with Gasteiger partial charge in [0.1, 0.15) is 17.3 Å². The molecule has 0 radical (unpaired) electrons. The fourth-order valence-electron chi connectivity index (χ4n) is 3.16. The second kappa shape index (κ2) is 8.16. The zero-order valence-corrected chi connectivity index (χ0v) is 17.2. The number of esters is 1. The van der Waals surface area contributed by atoms with E-state index < -0.39 is 5.97 Å². The van der Waals surface area contributed by atoms with Crippen molar-refractivity contribution in [1.82, 2.24) is 5.16 Å². The topological polar surface area (TPSA) is 78.6 Å². The number of aromatic nitrogens is 1. The highest BCUT2D eigenvalue weighted by molar-refractivity contribution is 6.29. The van der Waals surface area contributed by atoms with Gasteiger partial charge in [0.25, 0.3) is 0 Å². The van der Waals surface area contributed by atoms with Crippen LogP contribution in [0.3, 0.4) is 0 Å². The maximum absolute atomic E-state index is 12.8. The van der Waals surface area contributed by atoms with Gasteiger partial charge in [-0.15, -0.1) is 0 Å². The maximum Gasteiger partial charge on any atom is 0.311 e. The standard InChI is InChI=1S/C23H18ClNO5/c1-13-3-5-15(6-4-13)10-19-23(27)22-14(2)9-17(11-18(22)29-19)28-21(26)8-7-16-12-20(24)25-30-16/h3-6,9-12H,7-8H2,1-2H3/b19-10-. The van der Waals surface area contributed by atoms with Gasteiger partial charge < -0.3 is 14.0 Å².